The molecule has 2 aromatic rings. The summed E-state index contributed by atoms with van der Waals surface area (Å²) in [5, 5.41) is 22.7. The Balaban J connectivity index is 2.39. The second-order valence-corrected chi connectivity index (χ2v) is 4.57. The summed E-state index contributed by atoms with van der Waals surface area (Å²) in [5.74, 6) is -1.18. The number of carbonyl (C=O) groups is 1. The lowest BCUT2D eigenvalue weighted by molar-refractivity contribution is -0.385. The first-order chi connectivity index (χ1) is 9.38. The van der Waals surface area contributed by atoms with Crippen molar-refractivity contribution >= 4 is 27.6 Å². The highest BCUT2D eigenvalue weighted by molar-refractivity contribution is 9.10. The Morgan fingerprint density at radius 2 is 2.25 bits per heavy atom. The maximum absolute atomic E-state index is 11.8. The Morgan fingerprint density at radius 3 is 2.80 bits per heavy atom. The van der Waals surface area contributed by atoms with Crippen LogP contribution in [0.25, 0.3) is 0 Å². The Labute approximate surface area is 118 Å². The highest BCUT2D eigenvalue weighted by Crippen LogP contribution is 2.15. The lowest BCUT2D eigenvalue weighted by Crippen LogP contribution is -2.21. The van der Waals surface area contributed by atoms with E-state index in [0.717, 1.165) is 22.9 Å². The number of pyridine rings is 1. The van der Waals surface area contributed by atoms with Crippen LogP contribution in [0.2, 0.25) is 0 Å². The Kier molecular flexibility index (Phi) is 3.66. The minimum atomic E-state index is -1.27. The number of halogens is 1. The van der Waals surface area contributed by atoms with E-state index in [4.69, 9.17) is 9.63 Å². The second kappa shape index (κ2) is 5.25. The lowest BCUT2D eigenvalue weighted by Gasteiger charge is -2.03. The molecule has 0 spiro atoms. The molecule has 0 atom stereocenters. The van der Waals surface area contributed by atoms with Crippen LogP contribution in [-0.4, -0.2) is 25.7 Å². The van der Waals surface area contributed by atoms with Gasteiger partial charge in [-0.2, -0.15) is 0 Å². The first-order valence-corrected chi connectivity index (χ1v) is 5.91. The summed E-state index contributed by atoms with van der Waals surface area (Å²) >= 11 is 2.93. The van der Waals surface area contributed by atoms with Gasteiger partial charge >= 0.3 is 5.97 Å². The molecular formula is C10H6BrN3O6. The van der Waals surface area contributed by atoms with Crippen molar-refractivity contribution in [1.82, 2.24) is 9.72 Å². The minimum absolute atomic E-state index is 0.0182. The molecule has 2 rings (SSSR count). The van der Waals surface area contributed by atoms with Crippen molar-refractivity contribution < 1.29 is 19.3 Å². The zero-order valence-electron chi connectivity index (χ0n) is 9.65. The van der Waals surface area contributed by atoms with Crippen molar-refractivity contribution in [2.45, 2.75) is 6.54 Å². The summed E-state index contributed by atoms with van der Waals surface area (Å²) in [5.41, 5.74) is -1.10. The molecule has 0 aliphatic heterocycles. The number of carboxylic acid groups (broad SMARTS) is 1. The molecule has 0 aliphatic carbocycles. The fraction of sp³-hybridized carbons (Fsp3) is 0.100. The predicted molar refractivity (Wildman–Crippen MR) is 67.6 cm³/mol. The molecule has 0 saturated heterocycles. The minimum Gasteiger partial charge on any atom is -0.476 e. The van der Waals surface area contributed by atoms with Crippen LogP contribution in [0.4, 0.5) is 5.69 Å². The van der Waals surface area contributed by atoms with Crippen LogP contribution in [-0.2, 0) is 6.54 Å². The van der Waals surface area contributed by atoms with E-state index in [-0.39, 0.29) is 28.2 Å². The van der Waals surface area contributed by atoms with Gasteiger partial charge in [-0.25, -0.2) is 4.79 Å². The quantitative estimate of drug-likeness (QED) is 0.653. The molecule has 0 amide bonds. The topological polar surface area (TPSA) is 128 Å². The van der Waals surface area contributed by atoms with Crippen molar-refractivity contribution in [3.8, 4) is 0 Å². The van der Waals surface area contributed by atoms with E-state index < -0.39 is 16.5 Å². The van der Waals surface area contributed by atoms with Gasteiger partial charge in [0.2, 0.25) is 0 Å². The van der Waals surface area contributed by atoms with Crippen molar-refractivity contribution in [1.29, 1.82) is 0 Å². The molecule has 2 heterocycles. The third-order valence-corrected chi connectivity index (χ3v) is 2.91. The molecule has 0 saturated carbocycles. The Morgan fingerprint density at radius 1 is 1.55 bits per heavy atom. The first-order valence-electron chi connectivity index (χ1n) is 5.11. The van der Waals surface area contributed by atoms with Crippen LogP contribution in [0.3, 0.4) is 0 Å². The fourth-order valence-corrected chi connectivity index (χ4v) is 1.92. The van der Waals surface area contributed by atoms with E-state index in [0.29, 0.717) is 0 Å². The summed E-state index contributed by atoms with van der Waals surface area (Å²) in [6.45, 7) is -0.167. The molecule has 20 heavy (non-hydrogen) atoms. The number of nitro groups is 1. The molecule has 0 bridgehead atoms. The van der Waals surface area contributed by atoms with E-state index >= 15 is 0 Å². The number of hydrogen-bond donors (Lipinski definition) is 1. The van der Waals surface area contributed by atoms with E-state index in [2.05, 4.69) is 21.1 Å². The van der Waals surface area contributed by atoms with Gasteiger partial charge in [0.25, 0.3) is 11.2 Å². The summed E-state index contributed by atoms with van der Waals surface area (Å²) < 4.78 is 5.79. The van der Waals surface area contributed by atoms with Crippen molar-refractivity contribution in [2.75, 3.05) is 0 Å². The van der Waals surface area contributed by atoms with Crippen LogP contribution in [0.15, 0.2) is 32.1 Å². The van der Waals surface area contributed by atoms with E-state index in [1.54, 1.807) is 0 Å². The van der Waals surface area contributed by atoms with Crippen molar-refractivity contribution in [3.05, 3.63) is 54.7 Å². The third kappa shape index (κ3) is 2.74. The highest BCUT2D eigenvalue weighted by atomic mass is 79.9. The normalized spacial score (nSPS) is 10.4. The van der Waals surface area contributed by atoms with Gasteiger partial charge in [-0.05, 0) is 15.9 Å². The SMILES string of the molecule is O=C(O)c1cc(Cn2cc([N+](=O)[O-])cc(Br)c2=O)on1. The van der Waals surface area contributed by atoms with Crippen LogP contribution < -0.4 is 5.56 Å². The van der Waals surface area contributed by atoms with Crippen LogP contribution in [0, 0.1) is 10.1 Å². The van der Waals surface area contributed by atoms with Gasteiger partial charge in [0.05, 0.1) is 22.1 Å². The van der Waals surface area contributed by atoms with Crippen LogP contribution >= 0.6 is 15.9 Å². The molecule has 0 fully saturated rings. The van der Waals surface area contributed by atoms with Gasteiger partial charge < -0.3 is 14.2 Å². The molecular weight excluding hydrogens is 338 g/mol. The number of aromatic nitrogens is 2. The molecule has 10 heteroatoms. The molecule has 2 aromatic heterocycles. The summed E-state index contributed by atoms with van der Waals surface area (Å²) in [7, 11) is 0. The fourth-order valence-electron chi connectivity index (χ4n) is 1.46. The van der Waals surface area contributed by atoms with Crippen molar-refractivity contribution in [3.63, 3.8) is 0 Å². The smallest absolute Gasteiger partial charge is 0.358 e. The molecule has 104 valence electrons. The predicted octanol–water partition coefficient (Wildman–Crippen LogP) is 1.25. The average Bonchev–Trinajstić information content (AvgIpc) is 2.83. The van der Waals surface area contributed by atoms with E-state index in [1.165, 1.54) is 0 Å². The standard InChI is InChI=1S/C10H6BrN3O6/c11-7-1-5(14(18)19)3-13(9(7)15)4-6-2-8(10(16)17)12-20-6/h1-3H,4H2,(H,16,17). The Hall–Kier alpha value is -2.49. The van der Waals surface area contributed by atoms with Crippen LogP contribution in [0.1, 0.15) is 16.2 Å². The van der Waals surface area contributed by atoms with Gasteiger partial charge in [0, 0.05) is 12.1 Å². The number of rotatable bonds is 4. The molecule has 0 radical (unpaired) electrons. The molecule has 1 N–H and O–H groups in total. The summed E-state index contributed by atoms with van der Waals surface area (Å²) in [6.07, 6.45) is 1.04. The maximum atomic E-state index is 11.8. The number of carboxylic acids is 1. The van der Waals surface area contributed by atoms with Gasteiger partial charge in [-0.1, -0.05) is 5.16 Å². The lowest BCUT2D eigenvalue weighted by atomic mass is 10.3. The molecule has 0 aliphatic rings. The summed E-state index contributed by atoms with van der Waals surface area (Å²) in [6, 6.07) is 2.23. The first kappa shape index (κ1) is 13.9. The zero-order valence-corrected chi connectivity index (χ0v) is 11.2. The van der Waals surface area contributed by atoms with Crippen molar-refractivity contribution in [2.24, 2.45) is 0 Å². The van der Waals surface area contributed by atoms with E-state index in [9.17, 15) is 19.7 Å². The molecule has 0 unspecified atom stereocenters. The zero-order chi connectivity index (χ0) is 14.9. The number of hydrogen-bond acceptors (Lipinski definition) is 6. The largest absolute Gasteiger partial charge is 0.476 e. The number of aromatic carboxylic acids is 1. The summed E-state index contributed by atoms with van der Waals surface area (Å²) in [4.78, 5) is 32.5. The van der Waals surface area contributed by atoms with Gasteiger partial charge in [0.15, 0.2) is 11.5 Å². The second-order valence-electron chi connectivity index (χ2n) is 3.72. The maximum Gasteiger partial charge on any atom is 0.358 e. The Bertz CT molecular complexity index is 750. The third-order valence-electron chi connectivity index (χ3n) is 2.34. The van der Waals surface area contributed by atoms with E-state index in [1.807, 2.05) is 0 Å². The monoisotopic (exact) mass is 343 g/mol. The highest BCUT2D eigenvalue weighted by Gasteiger charge is 2.15. The molecule has 9 nitrogen and oxygen atoms in total. The molecule has 0 aromatic carbocycles. The van der Waals surface area contributed by atoms with Gasteiger partial charge in [-0.3, -0.25) is 14.9 Å². The van der Waals surface area contributed by atoms with Gasteiger partial charge in [-0.15, -0.1) is 0 Å². The van der Waals surface area contributed by atoms with Crippen LogP contribution in [0.5, 0.6) is 0 Å². The average molecular weight is 344 g/mol. The van der Waals surface area contributed by atoms with Gasteiger partial charge in [0.1, 0.15) is 0 Å². The number of nitrogens with zero attached hydrogens (tertiary/aromatic N) is 3.